The monoisotopic (exact) mass is 329 g/mol. The molecule has 0 spiro atoms. The maximum absolute atomic E-state index is 12.4. The van der Waals surface area contributed by atoms with Crippen molar-refractivity contribution in [2.24, 2.45) is 0 Å². The van der Waals surface area contributed by atoms with Crippen LogP contribution in [0.25, 0.3) is 22.2 Å². The Morgan fingerprint density at radius 2 is 1.88 bits per heavy atom. The molecule has 3 rings (SSSR count). The van der Waals surface area contributed by atoms with Gasteiger partial charge in [0, 0.05) is 17.1 Å². The smallest absolute Gasteiger partial charge is 0.257 e. The number of hydrogen-bond acceptors (Lipinski definition) is 5. The van der Waals surface area contributed by atoms with E-state index in [4.69, 9.17) is 14.6 Å². The number of hydrogen-bond donors (Lipinski definition) is 2. The third-order valence-electron chi connectivity index (χ3n) is 3.92. The van der Waals surface area contributed by atoms with E-state index in [2.05, 4.69) is 10.1 Å². The molecule has 0 aliphatic rings. The normalized spacial score (nSPS) is 11.0. The number of nitrogens with zero attached hydrogens (tertiary/aromatic N) is 2. The molecular weight excluding hydrogens is 310 g/mol. The number of rotatable bonds is 5. The Kier molecular flexibility index (Phi) is 4.26. The Bertz CT molecular complexity index is 943. The summed E-state index contributed by atoms with van der Waals surface area (Å²) < 4.78 is 12.2. The summed E-state index contributed by atoms with van der Waals surface area (Å²) in [4.78, 5) is 15.3. The van der Waals surface area contributed by atoms with E-state index in [0.29, 0.717) is 34.8 Å². The molecule has 7 nitrogen and oxygen atoms in total. The van der Waals surface area contributed by atoms with Crippen LogP contribution >= 0.6 is 0 Å². The van der Waals surface area contributed by atoms with E-state index in [9.17, 15) is 4.79 Å². The molecule has 2 N–H and O–H groups in total. The lowest BCUT2D eigenvalue weighted by Gasteiger charge is -2.09. The van der Waals surface area contributed by atoms with Crippen LogP contribution in [0, 0.1) is 6.92 Å². The van der Waals surface area contributed by atoms with E-state index in [1.165, 1.54) is 0 Å². The molecule has 0 atom stereocenters. The number of pyridine rings is 1. The molecule has 24 heavy (non-hydrogen) atoms. The molecule has 0 saturated heterocycles. The number of aliphatic hydroxyl groups is 1. The van der Waals surface area contributed by atoms with E-state index < -0.39 is 0 Å². The van der Waals surface area contributed by atoms with Crippen LogP contribution in [0.3, 0.4) is 0 Å². The van der Waals surface area contributed by atoms with Crippen LogP contribution in [0.2, 0.25) is 0 Å². The summed E-state index contributed by atoms with van der Waals surface area (Å²) in [5.74, 6) is 1.14. The first-order valence-corrected chi connectivity index (χ1v) is 7.52. The molecule has 0 unspecified atom stereocenters. The number of aromatic nitrogens is 3. The van der Waals surface area contributed by atoms with Gasteiger partial charge in [-0.25, -0.2) is 0 Å². The van der Waals surface area contributed by atoms with Gasteiger partial charge in [-0.1, -0.05) is 0 Å². The van der Waals surface area contributed by atoms with Crippen LogP contribution in [0.15, 0.2) is 29.1 Å². The average Bonchev–Trinajstić information content (AvgIpc) is 2.94. The van der Waals surface area contributed by atoms with Crippen LogP contribution in [-0.2, 0) is 6.54 Å². The SMILES string of the molecule is COc1cc2cc(-c3cc(C)n(CCO)n3)c(=O)[nH]c2cc1OC. The van der Waals surface area contributed by atoms with Gasteiger partial charge in [-0.3, -0.25) is 9.48 Å². The summed E-state index contributed by atoms with van der Waals surface area (Å²) in [6.45, 7) is 2.27. The molecule has 126 valence electrons. The molecule has 0 fully saturated rings. The molecule has 0 saturated carbocycles. The number of benzene rings is 1. The second kappa shape index (κ2) is 6.37. The third kappa shape index (κ3) is 2.74. The quantitative estimate of drug-likeness (QED) is 0.744. The van der Waals surface area contributed by atoms with Gasteiger partial charge in [0.1, 0.15) is 0 Å². The minimum absolute atomic E-state index is 0.00691. The Hall–Kier alpha value is -2.80. The van der Waals surface area contributed by atoms with E-state index >= 15 is 0 Å². The molecule has 7 heteroatoms. The number of aryl methyl sites for hydroxylation is 1. The first-order valence-electron chi connectivity index (χ1n) is 7.52. The largest absolute Gasteiger partial charge is 0.493 e. The summed E-state index contributed by atoms with van der Waals surface area (Å²) in [5, 5.41) is 14.3. The zero-order valence-electron chi connectivity index (χ0n) is 13.8. The van der Waals surface area contributed by atoms with Crippen molar-refractivity contribution in [1.29, 1.82) is 0 Å². The average molecular weight is 329 g/mol. The second-order valence-electron chi connectivity index (χ2n) is 5.42. The summed E-state index contributed by atoms with van der Waals surface area (Å²) in [6.07, 6.45) is 0. The van der Waals surface area contributed by atoms with Gasteiger partial charge >= 0.3 is 0 Å². The highest BCUT2D eigenvalue weighted by Crippen LogP contribution is 2.32. The molecule has 0 amide bonds. The third-order valence-corrected chi connectivity index (χ3v) is 3.92. The van der Waals surface area contributed by atoms with Crippen molar-refractivity contribution in [2.75, 3.05) is 20.8 Å². The lowest BCUT2D eigenvalue weighted by atomic mass is 10.1. The predicted octanol–water partition coefficient (Wildman–Crippen LogP) is 1.71. The van der Waals surface area contributed by atoms with Gasteiger partial charge in [0.15, 0.2) is 11.5 Å². The van der Waals surface area contributed by atoms with E-state index in [1.54, 1.807) is 31.0 Å². The van der Waals surface area contributed by atoms with Crippen LogP contribution in [-0.4, -0.2) is 40.7 Å². The van der Waals surface area contributed by atoms with E-state index in [1.807, 2.05) is 19.1 Å². The van der Waals surface area contributed by atoms with Gasteiger partial charge in [0.05, 0.1) is 44.1 Å². The molecule has 0 aliphatic heterocycles. The fourth-order valence-corrected chi connectivity index (χ4v) is 2.69. The molecule has 1 aromatic carbocycles. The van der Waals surface area contributed by atoms with Crippen molar-refractivity contribution in [3.63, 3.8) is 0 Å². The van der Waals surface area contributed by atoms with Crippen molar-refractivity contribution in [3.8, 4) is 22.8 Å². The molecular formula is C17H19N3O4. The van der Waals surface area contributed by atoms with E-state index in [-0.39, 0.29) is 12.2 Å². The molecule has 0 radical (unpaired) electrons. The first kappa shape index (κ1) is 16.1. The van der Waals surface area contributed by atoms with Crippen LogP contribution in [0.5, 0.6) is 11.5 Å². The number of ether oxygens (including phenoxy) is 2. The van der Waals surface area contributed by atoms with Crippen LogP contribution < -0.4 is 15.0 Å². The number of aromatic amines is 1. The number of fused-ring (bicyclic) bond motifs is 1. The van der Waals surface area contributed by atoms with Crippen molar-refractivity contribution >= 4 is 10.9 Å². The van der Waals surface area contributed by atoms with Crippen LogP contribution in [0.4, 0.5) is 0 Å². The highest BCUT2D eigenvalue weighted by Gasteiger charge is 2.13. The predicted molar refractivity (Wildman–Crippen MR) is 90.7 cm³/mol. The molecule has 2 heterocycles. The zero-order valence-corrected chi connectivity index (χ0v) is 13.8. The Morgan fingerprint density at radius 1 is 1.17 bits per heavy atom. The fraction of sp³-hybridized carbons (Fsp3) is 0.294. The fourth-order valence-electron chi connectivity index (χ4n) is 2.69. The van der Waals surface area contributed by atoms with Gasteiger partial charge in [-0.2, -0.15) is 5.10 Å². The number of H-pyrrole nitrogens is 1. The lowest BCUT2D eigenvalue weighted by molar-refractivity contribution is 0.268. The first-order chi connectivity index (χ1) is 11.6. The van der Waals surface area contributed by atoms with Gasteiger partial charge in [0.25, 0.3) is 5.56 Å². The maximum atomic E-state index is 12.4. The minimum Gasteiger partial charge on any atom is -0.493 e. The number of aliphatic hydroxyl groups excluding tert-OH is 1. The van der Waals surface area contributed by atoms with Crippen LogP contribution in [0.1, 0.15) is 5.69 Å². The van der Waals surface area contributed by atoms with E-state index in [0.717, 1.165) is 11.1 Å². The Labute approximate surface area is 138 Å². The van der Waals surface area contributed by atoms with Gasteiger partial charge < -0.3 is 19.6 Å². The topological polar surface area (TPSA) is 89.4 Å². The summed E-state index contributed by atoms with van der Waals surface area (Å²) in [5.41, 5.74) is 2.34. The summed E-state index contributed by atoms with van der Waals surface area (Å²) in [7, 11) is 3.11. The van der Waals surface area contributed by atoms with Gasteiger partial charge in [-0.15, -0.1) is 0 Å². The van der Waals surface area contributed by atoms with Gasteiger partial charge in [0.2, 0.25) is 0 Å². The highest BCUT2D eigenvalue weighted by molar-refractivity contribution is 5.86. The van der Waals surface area contributed by atoms with Crippen molar-refractivity contribution < 1.29 is 14.6 Å². The molecule has 0 bridgehead atoms. The maximum Gasteiger partial charge on any atom is 0.257 e. The standard InChI is InChI=1S/C17H19N3O4/c1-10-6-14(19-20(10)4-5-21)12-7-11-8-15(23-2)16(24-3)9-13(11)18-17(12)22/h6-9,21H,4-5H2,1-3H3,(H,18,22). The second-order valence-corrected chi connectivity index (χ2v) is 5.42. The zero-order chi connectivity index (χ0) is 17.3. The molecule has 2 aromatic heterocycles. The number of nitrogens with one attached hydrogen (secondary N) is 1. The summed E-state index contributed by atoms with van der Waals surface area (Å²) >= 11 is 0. The van der Waals surface area contributed by atoms with Crippen molar-refractivity contribution in [2.45, 2.75) is 13.5 Å². The highest BCUT2D eigenvalue weighted by atomic mass is 16.5. The molecule has 0 aliphatic carbocycles. The van der Waals surface area contributed by atoms with Crippen molar-refractivity contribution in [1.82, 2.24) is 14.8 Å². The van der Waals surface area contributed by atoms with Gasteiger partial charge in [-0.05, 0) is 25.1 Å². The lowest BCUT2D eigenvalue weighted by Crippen LogP contribution is -2.10. The number of methoxy groups -OCH3 is 2. The minimum atomic E-state index is -0.233. The Balaban J connectivity index is 2.17. The van der Waals surface area contributed by atoms with Crippen molar-refractivity contribution in [3.05, 3.63) is 40.3 Å². The Morgan fingerprint density at radius 3 is 2.54 bits per heavy atom. The molecule has 3 aromatic rings. The summed E-state index contributed by atoms with van der Waals surface area (Å²) in [6, 6.07) is 7.15.